The number of aryl methyl sites for hydroxylation is 2. The number of nitrogens with zero attached hydrogens (tertiary/aromatic N) is 1. The Balaban J connectivity index is 1.41. The highest BCUT2D eigenvalue weighted by atomic mass is 32.1. The number of anilines is 2. The van der Waals surface area contributed by atoms with E-state index in [1.165, 1.54) is 5.56 Å². The van der Waals surface area contributed by atoms with Crippen LogP contribution in [0.5, 0.6) is 0 Å². The summed E-state index contributed by atoms with van der Waals surface area (Å²) >= 11 is 1.55. The van der Waals surface area contributed by atoms with E-state index in [4.69, 9.17) is 0 Å². The first kappa shape index (κ1) is 19.3. The highest BCUT2D eigenvalue weighted by molar-refractivity contribution is 7.12. The molecule has 4 rings (SSSR count). The molecule has 0 unspecified atom stereocenters. The Morgan fingerprint density at radius 2 is 1.59 bits per heavy atom. The van der Waals surface area contributed by atoms with Gasteiger partial charge in [-0.05, 0) is 51.0 Å². The van der Waals surface area contributed by atoms with Crippen LogP contribution >= 0.6 is 11.3 Å². The summed E-state index contributed by atoms with van der Waals surface area (Å²) in [4.78, 5) is 30.0. The minimum absolute atomic E-state index is 0.0750. The lowest BCUT2D eigenvalue weighted by atomic mass is 10.1. The molecule has 1 aromatic heterocycles. The van der Waals surface area contributed by atoms with Gasteiger partial charge < -0.3 is 10.6 Å². The fraction of sp³-hybridized carbons (Fsp3) is 0.261. The highest BCUT2D eigenvalue weighted by Gasteiger charge is 2.29. The second-order valence-corrected chi connectivity index (χ2v) is 8.72. The molecule has 1 aliphatic carbocycles. The van der Waals surface area contributed by atoms with E-state index < -0.39 is 0 Å². The third-order valence-electron chi connectivity index (χ3n) is 4.83. The smallest absolute Gasteiger partial charge is 0.229 e. The fourth-order valence-corrected chi connectivity index (χ4v) is 4.06. The molecule has 2 amide bonds. The molecule has 6 heteroatoms. The van der Waals surface area contributed by atoms with Crippen molar-refractivity contribution in [2.45, 2.75) is 33.1 Å². The van der Waals surface area contributed by atoms with E-state index in [0.717, 1.165) is 39.7 Å². The van der Waals surface area contributed by atoms with Gasteiger partial charge in [-0.2, -0.15) is 0 Å². The van der Waals surface area contributed by atoms with Gasteiger partial charge in [-0.3, -0.25) is 9.59 Å². The van der Waals surface area contributed by atoms with Gasteiger partial charge in [0.25, 0.3) is 0 Å². The second-order valence-electron chi connectivity index (χ2n) is 7.44. The van der Waals surface area contributed by atoms with Crippen molar-refractivity contribution in [1.82, 2.24) is 4.98 Å². The zero-order chi connectivity index (χ0) is 20.4. The molecular weight excluding hydrogens is 382 g/mol. The minimum Gasteiger partial charge on any atom is -0.326 e. The molecule has 2 N–H and O–H groups in total. The number of thiazole rings is 1. The summed E-state index contributed by atoms with van der Waals surface area (Å²) < 4.78 is 0. The molecule has 0 bridgehead atoms. The van der Waals surface area contributed by atoms with Gasteiger partial charge >= 0.3 is 0 Å². The number of carbonyl (C=O) groups is 2. The van der Waals surface area contributed by atoms with Gasteiger partial charge in [-0.1, -0.05) is 29.8 Å². The van der Waals surface area contributed by atoms with E-state index in [2.05, 4.69) is 27.8 Å². The van der Waals surface area contributed by atoms with Crippen molar-refractivity contribution >= 4 is 34.5 Å². The monoisotopic (exact) mass is 405 g/mol. The SMILES string of the molecule is Cc1ccc(-c2nc(C)sc2CC(=O)Nc2ccc(NC(=O)C3CC3)cc2)cc1. The van der Waals surface area contributed by atoms with E-state index in [1.807, 2.05) is 38.1 Å². The lowest BCUT2D eigenvalue weighted by Gasteiger charge is -2.08. The van der Waals surface area contributed by atoms with Crippen molar-refractivity contribution in [1.29, 1.82) is 0 Å². The summed E-state index contributed by atoms with van der Waals surface area (Å²) in [5.74, 6) is 0.155. The summed E-state index contributed by atoms with van der Waals surface area (Å²) in [7, 11) is 0. The Labute approximate surface area is 174 Å². The summed E-state index contributed by atoms with van der Waals surface area (Å²) in [5, 5.41) is 6.77. The third-order valence-corrected chi connectivity index (χ3v) is 5.81. The minimum atomic E-state index is -0.0863. The normalized spacial score (nSPS) is 13.2. The highest BCUT2D eigenvalue weighted by Crippen LogP contribution is 2.31. The average molecular weight is 406 g/mol. The molecule has 0 atom stereocenters. The molecule has 1 aliphatic rings. The number of benzene rings is 2. The molecule has 1 saturated carbocycles. The van der Waals surface area contributed by atoms with Gasteiger partial charge in [0.2, 0.25) is 11.8 Å². The Bertz CT molecular complexity index is 1030. The van der Waals surface area contributed by atoms with Crippen LogP contribution in [0.15, 0.2) is 48.5 Å². The Hall–Kier alpha value is -2.99. The van der Waals surface area contributed by atoms with Crippen LogP contribution in [0.4, 0.5) is 11.4 Å². The van der Waals surface area contributed by atoms with E-state index in [0.29, 0.717) is 5.69 Å². The third kappa shape index (κ3) is 4.90. The van der Waals surface area contributed by atoms with Crippen LogP contribution in [-0.4, -0.2) is 16.8 Å². The van der Waals surface area contributed by atoms with Crippen molar-refractivity contribution in [3.05, 3.63) is 64.0 Å². The maximum Gasteiger partial charge on any atom is 0.229 e. The molecule has 148 valence electrons. The second kappa shape index (κ2) is 8.17. The predicted octanol–water partition coefficient (Wildman–Crippen LogP) is 4.96. The standard InChI is InChI=1S/C23H23N3O2S/c1-14-3-5-16(6-4-14)22-20(29-15(2)24-22)13-21(27)25-18-9-11-19(12-10-18)26-23(28)17-7-8-17/h3-6,9-12,17H,7-8,13H2,1-2H3,(H,25,27)(H,26,28). The van der Waals surface area contributed by atoms with Crippen LogP contribution in [0.3, 0.4) is 0 Å². The predicted molar refractivity (Wildman–Crippen MR) is 117 cm³/mol. The first-order chi connectivity index (χ1) is 14.0. The number of hydrogen-bond donors (Lipinski definition) is 2. The Morgan fingerprint density at radius 3 is 2.21 bits per heavy atom. The molecule has 1 fully saturated rings. The quantitative estimate of drug-likeness (QED) is 0.609. The van der Waals surface area contributed by atoms with Crippen molar-refractivity contribution in [2.24, 2.45) is 5.92 Å². The van der Waals surface area contributed by atoms with E-state index in [9.17, 15) is 9.59 Å². The number of hydrogen-bond acceptors (Lipinski definition) is 4. The molecule has 0 spiro atoms. The molecule has 2 aromatic carbocycles. The van der Waals surface area contributed by atoms with Gasteiger partial charge in [0, 0.05) is 27.7 Å². The fourth-order valence-electron chi connectivity index (χ4n) is 3.10. The molecular formula is C23H23N3O2S. The van der Waals surface area contributed by atoms with Crippen LogP contribution in [0.2, 0.25) is 0 Å². The summed E-state index contributed by atoms with van der Waals surface area (Å²) in [6, 6.07) is 15.4. The van der Waals surface area contributed by atoms with Crippen molar-refractivity contribution in [3.63, 3.8) is 0 Å². The maximum absolute atomic E-state index is 12.6. The molecule has 1 heterocycles. The van der Waals surface area contributed by atoms with Crippen molar-refractivity contribution < 1.29 is 9.59 Å². The van der Waals surface area contributed by atoms with Gasteiger partial charge in [-0.25, -0.2) is 4.98 Å². The summed E-state index contributed by atoms with van der Waals surface area (Å²) in [5.41, 5.74) is 4.55. The molecule has 5 nitrogen and oxygen atoms in total. The zero-order valence-electron chi connectivity index (χ0n) is 16.5. The Morgan fingerprint density at radius 1 is 0.966 bits per heavy atom. The van der Waals surface area contributed by atoms with Crippen molar-refractivity contribution in [2.75, 3.05) is 10.6 Å². The Kier molecular flexibility index (Phi) is 5.45. The first-order valence-electron chi connectivity index (χ1n) is 9.72. The van der Waals surface area contributed by atoms with E-state index in [-0.39, 0.29) is 24.2 Å². The number of carbonyl (C=O) groups excluding carboxylic acids is 2. The summed E-state index contributed by atoms with van der Waals surface area (Å²) in [6.07, 6.45) is 2.22. The molecule has 29 heavy (non-hydrogen) atoms. The molecule has 0 radical (unpaired) electrons. The van der Waals surface area contributed by atoms with Gasteiger partial charge in [-0.15, -0.1) is 11.3 Å². The maximum atomic E-state index is 12.6. The van der Waals surface area contributed by atoms with Gasteiger partial charge in [0.05, 0.1) is 17.1 Å². The van der Waals surface area contributed by atoms with E-state index in [1.54, 1.807) is 23.5 Å². The number of aromatic nitrogens is 1. The number of rotatable bonds is 6. The van der Waals surface area contributed by atoms with Gasteiger partial charge in [0.1, 0.15) is 0 Å². The largest absolute Gasteiger partial charge is 0.326 e. The van der Waals surface area contributed by atoms with Crippen molar-refractivity contribution in [3.8, 4) is 11.3 Å². The summed E-state index contributed by atoms with van der Waals surface area (Å²) in [6.45, 7) is 4.01. The molecule has 0 saturated heterocycles. The van der Waals surface area contributed by atoms with E-state index >= 15 is 0 Å². The lowest BCUT2D eigenvalue weighted by Crippen LogP contribution is -2.15. The van der Waals surface area contributed by atoms with Gasteiger partial charge in [0.15, 0.2) is 0 Å². The first-order valence-corrected chi connectivity index (χ1v) is 10.5. The van der Waals surface area contributed by atoms with Crippen LogP contribution in [0.25, 0.3) is 11.3 Å². The molecule has 3 aromatic rings. The molecule has 0 aliphatic heterocycles. The lowest BCUT2D eigenvalue weighted by molar-refractivity contribution is -0.117. The topological polar surface area (TPSA) is 71.1 Å². The number of amides is 2. The number of nitrogens with one attached hydrogen (secondary N) is 2. The zero-order valence-corrected chi connectivity index (χ0v) is 17.3. The van der Waals surface area contributed by atoms with Crippen LogP contribution in [-0.2, 0) is 16.0 Å². The van der Waals surface area contributed by atoms with Crippen LogP contribution < -0.4 is 10.6 Å². The van der Waals surface area contributed by atoms with Crippen LogP contribution in [0, 0.1) is 19.8 Å². The van der Waals surface area contributed by atoms with Crippen LogP contribution in [0.1, 0.15) is 28.3 Å². The average Bonchev–Trinajstić information content (AvgIpc) is 3.48.